The van der Waals surface area contributed by atoms with Gasteiger partial charge in [0.2, 0.25) is 5.91 Å². The Morgan fingerprint density at radius 1 is 1.00 bits per heavy atom. The number of esters is 1. The maximum Gasteiger partial charge on any atom is 0.306 e. The third kappa shape index (κ3) is 6.54. The zero-order chi connectivity index (χ0) is 18.9. The molecule has 1 N–H and O–H groups in total. The molecule has 136 valence electrons. The van der Waals surface area contributed by atoms with E-state index in [0.717, 1.165) is 0 Å². The minimum Gasteiger partial charge on any atom is -0.457 e. The van der Waals surface area contributed by atoms with Crippen molar-refractivity contribution in [2.75, 3.05) is 11.9 Å². The molecule has 0 saturated carbocycles. The summed E-state index contributed by atoms with van der Waals surface area (Å²) in [6, 6.07) is 13.5. The lowest BCUT2D eigenvalue weighted by atomic mass is 10.1. The van der Waals surface area contributed by atoms with Gasteiger partial charge in [-0.2, -0.15) is 0 Å². The Morgan fingerprint density at radius 3 is 2.38 bits per heavy atom. The second-order valence-corrected chi connectivity index (χ2v) is 6.43. The van der Waals surface area contributed by atoms with Crippen LogP contribution in [0.4, 0.5) is 5.69 Å². The van der Waals surface area contributed by atoms with E-state index < -0.39 is 5.97 Å². The molecular formula is C19H18ClNO4S. The topological polar surface area (TPSA) is 72.5 Å². The van der Waals surface area contributed by atoms with E-state index in [-0.39, 0.29) is 31.1 Å². The summed E-state index contributed by atoms with van der Waals surface area (Å²) in [4.78, 5) is 36.1. The number of para-hydroxylation sites is 1. The van der Waals surface area contributed by atoms with Crippen molar-refractivity contribution in [3.8, 4) is 0 Å². The molecule has 0 unspecified atom stereocenters. The summed E-state index contributed by atoms with van der Waals surface area (Å²) in [5.74, 6) is -1.04. The van der Waals surface area contributed by atoms with Gasteiger partial charge in [-0.05, 0) is 42.8 Å². The Bertz CT molecular complexity index is 792. The van der Waals surface area contributed by atoms with Gasteiger partial charge in [0, 0.05) is 28.3 Å². The van der Waals surface area contributed by atoms with Crippen LogP contribution < -0.4 is 5.32 Å². The van der Waals surface area contributed by atoms with Gasteiger partial charge in [-0.25, -0.2) is 0 Å². The molecule has 0 radical (unpaired) electrons. The number of amides is 1. The summed E-state index contributed by atoms with van der Waals surface area (Å²) >= 11 is 10.0. The molecular weight excluding hydrogens is 374 g/mol. The number of benzene rings is 2. The Kier molecular flexibility index (Phi) is 7.69. The fourth-order valence-electron chi connectivity index (χ4n) is 2.12. The highest BCUT2D eigenvalue weighted by Gasteiger charge is 2.11. The van der Waals surface area contributed by atoms with Gasteiger partial charge in [0.1, 0.15) is 0 Å². The van der Waals surface area contributed by atoms with E-state index in [0.29, 0.717) is 27.6 Å². The molecule has 0 aliphatic rings. The van der Waals surface area contributed by atoms with Gasteiger partial charge in [0.25, 0.3) is 0 Å². The molecule has 0 aliphatic heterocycles. The molecule has 0 aromatic heterocycles. The SMILES string of the molecule is O=C(CCCC(=O)OCC(=O)c1ccc(Cl)cc1)Nc1ccccc1S. The lowest BCUT2D eigenvalue weighted by Gasteiger charge is -2.07. The Hall–Kier alpha value is -2.31. The number of thiol groups is 1. The first kappa shape index (κ1) is 20.0. The lowest BCUT2D eigenvalue weighted by Crippen LogP contribution is -2.15. The van der Waals surface area contributed by atoms with Gasteiger partial charge in [0.15, 0.2) is 12.4 Å². The zero-order valence-electron chi connectivity index (χ0n) is 13.9. The first-order valence-corrected chi connectivity index (χ1v) is 8.80. The molecule has 0 spiro atoms. The highest BCUT2D eigenvalue weighted by molar-refractivity contribution is 7.80. The van der Waals surface area contributed by atoms with Crippen LogP contribution in [0.3, 0.4) is 0 Å². The third-order valence-corrected chi connectivity index (χ3v) is 4.14. The number of hydrogen-bond acceptors (Lipinski definition) is 5. The van der Waals surface area contributed by atoms with Crippen LogP contribution in [-0.4, -0.2) is 24.3 Å². The second-order valence-electron chi connectivity index (χ2n) is 5.51. The first-order chi connectivity index (χ1) is 12.5. The van der Waals surface area contributed by atoms with E-state index in [1.165, 1.54) is 0 Å². The number of ketones is 1. The zero-order valence-corrected chi connectivity index (χ0v) is 15.6. The molecule has 0 heterocycles. The van der Waals surface area contributed by atoms with Crippen LogP contribution in [-0.2, 0) is 14.3 Å². The van der Waals surface area contributed by atoms with E-state index in [9.17, 15) is 14.4 Å². The van der Waals surface area contributed by atoms with E-state index in [2.05, 4.69) is 17.9 Å². The maximum absolute atomic E-state index is 11.9. The van der Waals surface area contributed by atoms with Crippen LogP contribution in [0.15, 0.2) is 53.4 Å². The standard InChI is InChI=1S/C19H18ClNO4S/c20-14-10-8-13(9-11-14)16(22)12-25-19(24)7-3-6-18(23)21-15-4-1-2-5-17(15)26/h1-2,4-5,8-11,26H,3,6-7,12H2,(H,21,23). The normalized spacial score (nSPS) is 10.2. The van der Waals surface area contributed by atoms with Crippen LogP contribution in [0, 0.1) is 0 Å². The summed E-state index contributed by atoms with van der Waals surface area (Å²) < 4.78 is 4.94. The molecule has 0 fully saturated rings. The average Bonchev–Trinajstić information content (AvgIpc) is 2.62. The summed E-state index contributed by atoms with van der Waals surface area (Å²) in [7, 11) is 0. The number of halogens is 1. The van der Waals surface area contributed by atoms with E-state index in [4.69, 9.17) is 16.3 Å². The van der Waals surface area contributed by atoms with Crippen molar-refractivity contribution >= 4 is 47.6 Å². The van der Waals surface area contributed by atoms with Gasteiger partial charge in [-0.1, -0.05) is 23.7 Å². The largest absolute Gasteiger partial charge is 0.457 e. The lowest BCUT2D eigenvalue weighted by molar-refractivity contribution is -0.142. The summed E-state index contributed by atoms with van der Waals surface area (Å²) in [5, 5.41) is 3.25. The molecule has 5 nitrogen and oxygen atoms in total. The number of rotatable bonds is 8. The molecule has 7 heteroatoms. The minimum absolute atomic E-state index is 0.0594. The Labute approximate surface area is 162 Å². The van der Waals surface area contributed by atoms with Gasteiger partial charge in [0.05, 0.1) is 5.69 Å². The summed E-state index contributed by atoms with van der Waals surface area (Å²) in [5.41, 5.74) is 1.05. The monoisotopic (exact) mass is 391 g/mol. The smallest absolute Gasteiger partial charge is 0.306 e. The average molecular weight is 392 g/mol. The van der Waals surface area contributed by atoms with Crippen molar-refractivity contribution < 1.29 is 19.1 Å². The molecule has 26 heavy (non-hydrogen) atoms. The number of ether oxygens (including phenoxy) is 1. The van der Waals surface area contributed by atoms with Crippen LogP contribution in [0.1, 0.15) is 29.6 Å². The number of Topliss-reactive ketones (excluding diaryl/α,β-unsaturated/α-hetero) is 1. The molecule has 0 aliphatic carbocycles. The van der Waals surface area contributed by atoms with E-state index in [1.54, 1.807) is 42.5 Å². The van der Waals surface area contributed by atoms with Crippen LogP contribution in [0.25, 0.3) is 0 Å². The number of anilines is 1. The van der Waals surface area contributed by atoms with Crippen molar-refractivity contribution in [3.63, 3.8) is 0 Å². The van der Waals surface area contributed by atoms with Gasteiger partial charge in [-0.3, -0.25) is 14.4 Å². The molecule has 2 aromatic carbocycles. The predicted octanol–water partition coefficient (Wildman–Crippen LogP) is 4.16. The number of hydrogen-bond donors (Lipinski definition) is 2. The van der Waals surface area contributed by atoms with E-state index in [1.807, 2.05) is 6.07 Å². The predicted molar refractivity (Wildman–Crippen MR) is 103 cm³/mol. The van der Waals surface area contributed by atoms with E-state index >= 15 is 0 Å². The molecule has 2 aromatic rings. The van der Waals surface area contributed by atoms with Crippen molar-refractivity contribution in [1.29, 1.82) is 0 Å². The van der Waals surface area contributed by atoms with Gasteiger partial charge < -0.3 is 10.1 Å². The van der Waals surface area contributed by atoms with Gasteiger partial charge >= 0.3 is 5.97 Å². The molecule has 0 bridgehead atoms. The highest BCUT2D eigenvalue weighted by atomic mass is 35.5. The fraction of sp³-hybridized carbons (Fsp3) is 0.211. The Morgan fingerprint density at radius 2 is 1.69 bits per heavy atom. The van der Waals surface area contributed by atoms with Crippen LogP contribution >= 0.6 is 24.2 Å². The highest BCUT2D eigenvalue weighted by Crippen LogP contribution is 2.19. The number of nitrogens with one attached hydrogen (secondary N) is 1. The van der Waals surface area contributed by atoms with Crippen molar-refractivity contribution in [3.05, 3.63) is 59.1 Å². The Balaban J connectivity index is 1.67. The number of carbonyl (C=O) groups is 3. The fourth-order valence-corrected chi connectivity index (χ4v) is 2.47. The van der Waals surface area contributed by atoms with Gasteiger partial charge in [-0.15, -0.1) is 12.6 Å². The third-order valence-electron chi connectivity index (χ3n) is 3.49. The van der Waals surface area contributed by atoms with Crippen molar-refractivity contribution in [2.24, 2.45) is 0 Å². The minimum atomic E-state index is -0.519. The van der Waals surface area contributed by atoms with Crippen LogP contribution in [0.2, 0.25) is 5.02 Å². The molecule has 2 rings (SSSR count). The van der Waals surface area contributed by atoms with Crippen molar-refractivity contribution in [2.45, 2.75) is 24.2 Å². The summed E-state index contributed by atoms with van der Waals surface area (Å²) in [6.07, 6.45) is 0.556. The second kappa shape index (κ2) is 9.99. The van der Waals surface area contributed by atoms with Crippen LogP contribution in [0.5, 0.6) is 0 Å². The molecule has 0 atom stereocenters. The number of carbonyl (C=O) groups excluding carboxylic acids is 3. The maximum atomic E-state index is 11.9. The molecule has 1 amide bonds. The summed E-state index contributed by atoms with van der Waals surface area (Å²) in [6.45, 7) is -0.334. The first-order valence-electron chi connectivity index (χ1n) is 7.98. The van der Waals surface area contributed by atoms with Crippen molar-refractivity contribution in [1.82, 2.24) is 0 Å². The molecule has 0 saturated heterocycles. The quantitative estimate of drug-likeness (QED) is 0.402.